The quantitative estimate of drug-likeness (QED) is 0.405. The third-order valence-corrected chi connectivity index (χ3v) is 8.88. The van der Waals surface area contributed by atoms with Crippen molar-refractivity contribution >= 4 is 12.0 Å². The molecule has 7 nitrogen and oxygen atoms in total. The van der Waals surface area contributed by atoms with Gasteiger partial charge in [0.05, 0.1) is 12.6 Å². The van der Waals surface area contributed by atoms with E-state index in [0.717, 1.165) is 106 Å². The van der Waals surface area contributed by atoms with Crippen molar-refractivity contribution in [1.82, 2.24) is 14.7 Å². The third-order valence-electron chi connectivity index (χ3n) is 8.88. The van der Waals surface area contributed by atoms with Crippen LogP contribution in [0.4, 0.5) is 4.79 Å². The number of carbonyl (C=O) groups excluding carboxylic acids is 2. The standard InChI is InChI=1S/C30H47N3O4/c1-6-8-10-26-30(37-29(35)31(26)5)13-17-32(18-14-30)24-11-15-33(16-12-24)28(34)27-22(3)20-25(21-23(27)4)36-19-9-7-2/h20-21,24,26H,6-19H2,1-5H3. The molecule has 1 spiro atoms. The second kappa shape index (κ2) is 12.1. The number of aryl methyl sites for hydroxylation is 2. The number of nitrogens with zero attached hydrogens (tertiary/aromatic N) is 3. The number of rotatable bonds is 9. The van der Waals surface area contributed by atoms with Crippen LogP contribution in [0.1, 0.15) is 93.1 Å². The van der Waals surface area contributed by atoms with Crippen LogP contribution in [0.3, 0.4) is 0 Å². The summed E-state index contributed by atoms with van der Waals surface area (Å²) in [6.07, 6.45) is 9.05. The number of piperidine rings is 2. The van der Waals surface area contributed by atoms with Gasteiger partial charge >= 0.3 is 6.09 Å². The highest BCUT2D eigenvalue weighted by molar-refractivity contribution is 5.97. The summed E-state index contributed by atoms with van der Waals surface area (Å²) in [6, 6.07) is 4.69. The number of unbranched alkanes of at least 4 members (excludes halogenated alkanes) is 2. The van der Waals surface area contributed by atoms with Crippen molar-refractivity contribution in [2.75, 3.05) is 39.8 Å². The molecule has 7 heteroatoms. The minimum atomic E-state index is -0.324. The molecule has 0 aliphatic carbocycles. The summed E-state index contributed by atoms with van der Waals surface area (Å²) in [7, 11) is 1.90. The van der Waals surface area contributed by atoms with Gasteiger partial charge in [0.15, 0.2) is 0 Å². The van der Waals surface area contributed by atoms with Crippen molar-refractivity contribution in [3.8, 4) is 5.75 Å². The van der Waals surface area contributed by atoms with Crippen molar-refractivity contribution in [3.05, 3.63) is 28.8 Å². The Morgan fingerprint density at radius 3 is 2.24 bits per heavy atom. The number of likely N-dealkylation sites (tertiary alicyclic amines) is 2. The maximum Gasteiger partial charge on any atom is 0.410 e. The molecular weight excluding hydrogens is 466 g/mol. The van der Waals surface area contributed by atoms with E-state index in [1.807, 2.05) is 42.8 Å². The van der Waals surface area contributed by atoms with Crippen LogP contribution in [0, 0.1) is 13.8 Å². The van der Waals surface area contributed by atoms with Gasteiger partial charge in [0.25, 0.3) is 5.91 Å². The van der Waals surface area contributed by atoms with Gasteiger partial charge < -0.3 is 19.3 Å². The van der Waals surface area contributed by atoms with Gasteiger partial charge in [-0.1, -0.05) is 33.1 Å². The number of hydrogen-bond donors (Lipinski definition) is 0. The molecule has 0 saturated carbocycles. The van der Waals surface area contributed by atoms with Gasteiger partial charge in [0, 0.05) is 57.7 Å². The first-order valence-corrected chi connectivity index (χ1v) is 14.5. The fourth-order valence-corrected chi connectivity index (χ4v) is 6.62. The predicted molar refractivity (Wildman–Crippen MR) is 146 cm³/mol. The number of carbonyl (C=O) groups is 2. The number of amides is 2. The third kappa shape index (κ3) is 5.92. The molecule has 206 valence electrons. The summed E-state index contributed by atoms with van der Waals surface area (Å²) in [5.41, 5.74) is 2.49. The molecule has 1 atom stereocenters. The molecule has 3 aliphatic rings. The molecule has 2 amide bonds. The van der Waals surface area contributed by atoms with Crippen molar-refractivity contribution in [1.29, 1.82) is 0 Å². The molecule has 0 radical (unpaired) electrons. The lowest BCUT2D eigenvalue weighted by Crippen LogP contribution is -2.55. The molecule has 3 heterocycles. The Labute approximate surface area is 223 Å². The molecule has 1 aromatic carbocycles. The van der Waals surface area contributed by atoms with Crippen LogP contribution in [0.5, 0.6) is 5.75 Å². The van der Waals surface area contributed by atoms with Gasteiger partial charge in [-0.3, -0.25) is 9.69 Å². The Kier molecular flexibility index (Phi) is 9.04. The number of ether oxygens (including phenoxy) is 2. The Hall–Kier alpha value is -2.28. The number of likely N-dealkylation sites (N-methyl/N-ethyl adjacent to an activating group) is 1. The average molecular weight is 514 g/mol. The van der Waals surface area contributed by atoms with E-state index in [-0.39, 0.29) is 23.6 Å². The van der Waals surface area contributed by atoms with Crippen LogP contribution < -0.4 is 4.74 Å². The maximum atomic E-state index is 13.5. The largest absolute Gasteiger partial charge is 0.494 e. The molecule has 0 N–H and O–H groups in total. The van der Waals surface area contributed by atoms with Crippen LogP contribution in [-0.2, 0) is 4.74 Å². The van der Waals surface area contributed by atoms with Crippen LogP contribution in [0.15, 0.2) is 12.1 Å². The van der Waals surface area contributed by atoms with Crippen molar-refractivity contribution in [3.63, 3.8) is 0 Å². The molecular formula is C30H47N3O4. The SMILES string of the molecule is CCCCOc1cc(C)c(C(=O)N2CCC(N3CCC4(CC3)OC(=O)N(C)C4CCCC)CC2)c(C)c1. The molecule has 3 aliphatic heterocycles. The van der Waals surface area contributed by atoms with Gasteiger partial charge in [-0.05, 0) is 62.8 Å². The molecule has 1 aromatic rings. The molecule has 37 heavy (non-hydrogen) atoms. The van der Waals surface area contributed by atoms with E-state index in [4.69, 9.17) is 9.47 Å². The lowest BCUT2D eigenvalue weighted by molar-refractivity contribution is -0.0375. The van der Waals surface area contributed by atoms with E-state index < -0.39 is 0 Å². The van der Waals surface area contributed by atoms with E-state index in [0.29, 0.717) is 12.6 Å². The monoisotopic (exact) mass is 513 g/mol. The first-order valence-electron chi connectivity index (χ1n) is 14.5. The number of hydrogen-bond acceptors (Lipinski definition) is 5. The smallest absolute Gasteiger partial charge is 0.410 e. The van der Waals surface area contributed by atoms with Crippen LogP contribution in [-0.4, -0.2) is 84.2 Å². The van der Waals surface area contributed by atoms with Gasteiger partial charge in [0.2, 0.25) is 0 Å². The highest BCUT2D eigenvalue weighted by Crippen LogP contribution is 2.41. The maximum absolute atomic E-state index is 13.5. The minimum Gasteiger partial charge on any atom is -0.494 e. The Morgan fingerprint density at radius 1 is 1.03 bits per heavy atom. The zero-order valence-corrected chi connectivity index (χ0v) is 23.7. The van der Waals surface area contributed by atoms with Crippen molar-refractivity contribution in [2.24, 2.45) is 0 Å². The van der Waals surface area contributed by atoms with Crippen LogP contribution in [0.2, 0.25) is 0 Å². The summed E-state index contributed by atoms with van der Waals surface area (Å²) in [4.78, 5) is 32.3. The van der Waals surface area contributed by atoms with E-state index in [9.17, 15) is 9.59 Å². The van der Waals surface area contributed by atoms with E-state index in [1.54, 1.807) is 0 Å². The molecule has 0 aromatic heterocycles. The average Bonchev–Trinajstić information content (AvgIpc) is 3.11. The van der Waals surface area contributed by atoms with Crippen LogP contribution >= 0.6 is 0 Å². The Balaban J connectivity index is 1.31. The lowest BCUT2D eigenvalue weighted by atomic mass is 9.81. The summed E-state index contributed by atoms with van der Waals surface area (Å²) in [5, 5.41) is 0. The summed E-state index contributed by atoms with van der Waals surface area (Å²) < 4.78 is 11.9. The van der Waals surface area contributed by atoms with E-state index >= 15 is 0 Å². The molecule has 4 rings (SSSR count). The minimum absolute atomic E-state index is 0.144. The predicted octanol–water partition coefficient (Wildman–Crippen LogP) is 5.56. The zero-order valence-electron chi connectivity index (χ0n) is 23.7. The van der Waals surface area contributed by atoms with E-state index in [2.05, 4.69) is 18.7 Å². The fraction of sp³-hybridized carbons (Fsp3) is 0.733. The van der Waals surface area contributed by atoms with E-state index in [1.165, 1.54) is 0 Å². The lowest BCUT2D eigenvalue weighted by Gasteiger charge is -2.46. The zero-order chi connectivity index (χ0) is 26.6. The Morgan fingerprint density at radius 2 is 1.65 bits per heavy atom. The van der Waals surface area contributed by atoms with Gasteiger partial charge in [-0.2, -0.15) is 0 Å². The van der Waals surface area contributed by atoms with Gasteiger partial charge in [0.1, 0.15) is 11.4 Å². The second-order valence-corrected chi connectivity index (χ2v) is 11.4. The topological polar surface area (TPSA) is 62.3 Å². The van der Waals surface area contributed by atoms with Gasteiger partial charge in [-0.15, -0.1) is 0 Å². The summed E-state index contributed by atoms with van der Waals surface area (Å²) in [6.45, 7) is 12.6. The first-order chi connectivity index (χ1) is 17.8. The second-order valence-electron chi connectivity index (χ2n) is 11.4. The first kappa shape index (κ1) is 27.7. The van der Waals surface area contributed by atoms with Gasteiger partial charge in [-0.25, -0.2) is 4.79 Å². The fourth-order valence-electron chi connectivity index (χ4n) is 6.62. The summed E-state index contributed by atoms with van der Waals surface area (Å²) in [5.74, 6) is 1.00. The molecule has 3 saturated heterocycles. The molecule has 0 bridgehead atoms. The normalized spacial score (nSPS) is 22.5. The molecule has 1 unspecified atom stereocenters. The number of benzene rings is 1. The Bertz CT molecular complexity index is 925. The highest BCUT2D eigenvalue weighted by Gasteiger charge is 2.53. The van der Waals surface area contributed by atoms with Crippen molar-refractivity contribution < 1.29 is 19.1 Å². The highest BCUT2D eigenvalue weighted by atomic mass is 16.6. The van der Waals surface area contributed by atoms with Crippen molar-refractivity contribution in [2.45, 2.75) is 103 Å². The summed E-state index contributed by atoms with van der Waals surface area (Å²) >= 11 is 0. The molecule has 3 fully saturated rings. The van der Waals surface area contributed by atoms with Crippen LogP contribution in [0.25, 0.3) is 0 Å².